The monoisotopic (exact) mass is 409 g/mol. The van der Waals surface area contributed by atoms with E-state index in [9.17, 15) is 9.90 Å². The molecule has 7 nitrogen and oxygen atoms in total. The third-order valence-corrected chi connectivity index (χ3v) is 5.04. The van der Waals surface area contributed by atoms with Crippen molar-refractivity contribution in [3.05, 3.63) is 53.9 Å². The van der Waals surface area contributed by atoms with Crippen LogP contribution >= 0.6 is 0 Å². The molecule has 1 aliphatic carbocycles. The summed E-state index contributed by atoms with van der Waals surface area (Å²) in [5.41, 5.74) is 2.64. The molecule has 2 aromatic heterocycles. The summed E-state index contributed by atoms with van der Waals surface area (Å²) < 4.78 is 12.3. The zero-order valence-electron chi connectivity index (χ0n) is 17.7. The second-order valence-corrected chi connectivity index (χ2v) is 8.61. The Balaban J connectivity index is 1.61. The fourth-order valence-corrected chi connectivity index (χ4v) is 3.43. The molecule has 0 saturated heterocycles. The van der Waals surface area contributed by atoms with Gasteiger partial charge in [-0.05, 0) is 75.4 Å². The smallest absolute Gasteiger partial charge is 0.341 e. The summed E-state index contributed by atoms with van der Waals surface area (Å²) in [7, 11) is 1.37. The molecule has 7 heteroatoms. The van der Waals surface area contributed by atoms with Crippen molar-refractivity contribution in [3.8, 4) is 0 Å². The Hall–Kier alpha value is -2.90. The minimum atomic E-state index is -1.08. The van der Waals surface area contributed by atoms with E-state index in [1.807, 2.05) is 57.3 Å². The zero-order valence-corrected chi connectivity index (χ0v) is 17.7. The first-order chi connectivity index (χ1) is 14.2. The number of carbonyl (C=O) groups excluding carboxylic acids is 1. The largest absolute Gasteiger partial charge is 0.465 e. The fourth-order valence-electron chi connectivity index (χ4n) is 3.43. The molecule has 0 aliphatic heterocycles. The maximum absolute atomic E-state index is 12.3. The molecule has 1 aliphatic rings. The highest BCUT2D eigenvalue weighted by molar-refractivity contribution is 5.96. The molecule has 2 N–H and O–H groups in total. The Morgan fingerprint density at radius 3 is 2.70 bits per heavy atom. The van der Waals surface area contributed by atoms with Gasteiger partial charge in [0, 0.05) is 23.5 Å². The van der Waals surface area contributed by atoms with E-state index in [0.29, 0.717) is 17.3 Å². The molecule has 2 heterocycles. The lowest BCUT2D eigenvalue weighted by Crippen LogP contribution is -2.25. The fraction of sp³-hybridized carbons (Fsp3) is 0.391. The number of fused-ring (bicyclic) bond motifs is 1. The number of hydrogen-bond donors (Lipinski definition) is 2. The van der Waals surface area contributed by atoms with Crippen molar-refractivity contribution >= 4 is 28.4 Å². The zero-order chi connectivity index (χ0) is 21.5. The Morgan fingerprint density at radius 2 is 2.03 bits per heavy atom. The van der Waals surface area contributed by atoms with Crippen LogP contribution in [0.2, 0.25) is 0 Å². The van der Waals surface area contributed by atoms with Crippen molar-refractivity contribution in [3.63, 3.8) is 0 Å². The van der Waals surface area contributed by atoms with E-state index in [-0.39, 0.29) is 0 Å². The van der Waals surface area contributed by atoms with Gasteiger partial charge in [0.1, 0.15) is 11.4 Å². The second kappa shape index (κ2) is 7.74. The summed E-state index contributed by atoms with van der Waals surface area (Å²) >= 11 is 0. The van der Waals surface area contributed by atoms with E-state index in [1.165, 1.54) is 7.11 Å². The normalized spacial score (nSPS) is 15.2. The van der Waals surface area contributed by atoms with E-state index in [4.69, 9.17) is 9.47 Å². The second-order valence-electron chi connectivity index (χ2n) is 8.61. The summed E-state index contributed by atoms with van der Waals surface area (Å²) in [6, 6.07) is 9.48. The molecule has 1 saturated carbocycles. The van der Waals surface area contributed by atoms with Crippen molar-refractivity contribution in [2.75, 3.05) is 12.4 Å². The highest BCUT2D eigenvalue weighted by Gasteiger charge is 2.26. The van der Waals surface area contributed by atoms with Crippen molar-refractivity contribution in [1.29, 1.82) is 0 Å². The van der Waals surface area contributed by atoms with Crippen LogP contribution in [0.4, 0.5) is 11.5 Å². The molecule has 1 fully saturated rings. The summed E-state index contributed by atoms with van der Waals surface area (Å²) in [6.45, 7) is 5.68. The van der Waals surface area contributed by atoms with Gasteiger partial charge in [0.05, 0.1) is 18.2 Å². The lowest BCUT2D eigenvalue weighted by molar-refractivity contribution is -0.207. The van der Waals surface area contributed by atoms with Gasteiger partial charge in [-0.25, -0.2) is 9.78 Å². The molecule has 1 atom stereocenters. The van der Waals surface area contributed by atoms with Crippen molar-refractivity contribution in [2.24, 2.45) is 0 Å². The third kappa shape index (κ3) is 4.32. The molecule has 158 valence electrons. The molecule has 30 heavy (non-hydrogen) atoms. The number of aromatic nitrogens is 2. The molecular formula is C23H27N3O4. The molecule has 0 amide bonds. The molecule has 4 rings (SSSR count). The van der Waals surface area contributed by atoms with Crippen LogP contribution < -0.4 is 5.32 Å². The lowest BCUT2D eigenvalue weighted by atomic mass is 10.1. The number of benzene rings is 1. The number of nitrogens with zero attached hydrogens (tertiary/aromatic N) is 2. The van der Waals surface area contributed by atoms with Crippen LogP contribution in [0.15, 0.2) is 42.7 Å². The van der Waals surface area contributed by atoms with Gasteiger partial charge >= 0.3 is 5.97 Å². The predicted octanol–water partition coefficient (Wildman–Crippen LogP) is 4.71. The number of ether oxygens (including phenoxy) is 2. The number of aliphatic hydroxyl groups is 1. The van der Waals surface area contributed by atoms with Crippen molar-refractivity contribution in [2.45, 2.75) is 51.5 Å². The average Bonchev–Trinajstić information content (AvgIpc) is 3.45. The van der Waals surface area contributed by atoms with Crippen molar-refractivity contribution < 1.29 is 19.4 Å². The topological polar surface area (TPSA) is 85.6 Å². The standard InChI is InChI=1S/C23H27N3O4/c1-23(2,3)30-22(28)26-10-9-15-11-17(7-8-19(15)26)25-20-18(21(27)29-4)12-16(13-24-20)14-5-6-14/h7-14,22,28H,5-6H2,1-4H3,(H,24,25). The van der Waals surface area contributed by atoms with Gasteiger partial charge in [-0.3, -0.25) is 4.57 Å². The SMILES string of the molecule is COC(=O)c1cc(C2CC2)cnc1Nc1ccc2c(ccn2C(O)OC(C)(C)C)c1. The van der Waals surface area contributed by atoms with Gasteiger partial charge in [-0.1, -0.05) is 0 Å². The summed E-state index contributed by atoms with van der Waals surface area (Å²) in [6.07, 6.45) is 4.79. The van der Waals surface area contributed by atoms with Gasteiger partial charge in [0.15, 0.2) is 0 Å². The Kier molecular flexibility index (Phi) is 5.26. The number of esters is 1. The first kappa shape index (κ1) is 20.4. The number of methoxy groups -OCH3 is 1. The highest BCUT2D eigenvalue weighted by Crippen LogP contribution is 2.40. The number of nitrogens with one attached hydrogen (secondary N) is 1. The minimum Gasteiger partial charge on any atom is -0.465 e. The van der Waals surface area contributed by atoms with Gasteiger partial charge in [0.2, 0.25) is 6.41 Å². The summed E-state index contributed by atoms with van der Waals surface area (Å²) in [5, 5.41) is 14.6. The third-order valence-electron chi connectivity index (χ3n) is 5.04. The van der Waals surface area contributed by atoms with Crippen molar-refractivity contribution in [1.82, 2.24) is 9.55 Å². The van der Waals surface area contributed by atoms with Gasteiger partial charge in [0.25, 0.3) is 0 Å². The van der Waals surface area contributed by atoms with E-state index < -0.39 is 18.0 Å². The minimum absolute atomic E-state index is 0.415. The number of hydrogen-bond acceptors (Lipinski definition) is 6. The van der Waals surface area contributed by atoms with Crippen LogP contribution in [-0.4, -0.2) is 33.3 Å². The molecule has 3 aromatic rings. The number of aliphatic hydroxyl groups excluding tert-OH is 1. The van der Waals surface area contributed by atoms with Crippen LogP contribution in [0.3, 0.4) is 0 Å². The Labute approximate surface area is 175 Å². The maximum Gasteiger partial charge on any atom is 0.341 e. The number of carbonyl (C=O) groups is 1. The van der Waals surface area contributed by atoms with Gasteiger partial charge in [-0.15, -0.1) is 0 Å². The molecule has 1 aromatic carbocycles. The van der Waals surface area contributed by atoms with Crippen LogP contribution in [0, 0.1) is 0 Å². The van der Waals surface area contributed by atoms with Crippen LogP contribution in [0.5, 0.6) is 0 Å². The molecule has 0 radical (unpaired) electrons. The quantitative estimate of drug-likeness (QED) is 0.453. The van der Waals surface area contributed by atoms with Crippen LogP contribution in [0.25, 0.3) is 10.9 Å². The first-order valence-electron chi connectivity index (χ1n) is 10.1. The first-order valence-corrected chi connectivity index (χ1v) is 10.1. The average molecular weight is 409 g/mol. The van der Waals surface area contributed by atoms with E-state index in [2.05, 4.69) is 10.3 Å². The Morgan fingerprint density at radius 1 is 1.27 bits per heavy atom. The number of anilines is 2. The molecule has 0 bridgehead atoms. The van der Waals surface area contributed by atoms with Crippen LogP contribution in [0.1, 0.15) is 61.9 Å². The summed E-state index contributed by atoms with van der Waals surface area (Å²) in [4.78, 5) is 16.8. The van der Waals surface area contributed by atoms with E-state index >= 15 is 0 Å². The predicted molar refractivity (Wildman–Crippen MR) is 115 cm³/mol. The molecule has 0 spiro atoms. The Bertz CT molecular complexity index is 1080. The summed E-state index contributed by atoms with van der Waals surface area (Å²) in [5.74, 6) is 0.538. The highest BCUT2D eigenvalue weighted by atomic mass is 16.6. The molecular weight excluding hydrogens is 382 g/mol. The van der Waals surface area contributed by atoms with Gasteiger partial charge in [-0.2, -0.15) is 0 Å². The van der Waals surface area contributed by atoms with Crippen LogP contribution in [-0.2, 0) is 9.47 Å². The van der Waals surface area contributed by atoms with Gasteiger partial charge < -0.3 is 19.9 Å². The van der Waals surface area contributed by atoms with E-state index in [0.717, 1.165) is 35.0 Å². The lowest BCUT2D eigenvalue weighted by Gasteiger charge is -2.25. The number of pyridine rings is 1. The maximum atomic E-state index is 12.3. The number of rotatable bonds is 6. The molecule has 1 unspecified atom stereocenters. The van der Waals surface area contributed by atoms with E-state index in [1.54, 1.807) is 10.8 Å².